The van der Waals surface area contributed by atoms with E-state index in [4.69, 9.17) is 21.4 Å². The highest BCUT2D eigenvalue weighted by molar-refractivity contribution is 6.31. The first-order valence-corrected chi connectivity index (χ1v) is 10.7. The first-order valence-electron chi connectivity index (χ1n) is 10.3. The molecule has 2 amide bonds. The molecule has 2 aromatic carbocycles. The van der Waals surface area contributed by atoms with Gasteiger partial charge < -0.3 is 20.5 Å². The quantitative estimate of drug-likeness (QED) is 0.519. The Morgan fingerprint density at radius 3 is 2.06 bits per heavy atom. The molecule has 1 aliphatic carbocycles. The van der Waals surface area contributed by atoms with Crippen LogP contribution >= 0.6 is 11.6 Å². The van der Waals surface area contributed by atoms with Crippen LogP contribution in [-0.2, 0) is 4.79 Å². The maximum Gasteiger partial charge on any atom is 0.306 e. The third kappa shape index (κ3) is 6.43. The van der Waals surface area contributed by atoms with Gasteiger partial charge in [0.2, 0.25) is 0 Å². The molecule has 2 aromatic rings. The normalized spacial score (nSPS) is 17.9. The predicted octanol–water partition coefficient (Wildman–Crippen LogP) is 3.66. The highest BCUT2D eigenvalue weighted by Gasteiger charge is 2.26. The van der Waals surface area contributed by atoms with Gasteiger partial charge in [-0.15, -0.1) is 0 Å². The number of amides is 2. The minimum absolute atomic E-state index is 0.0233. The summed E-state index contributed by atoms with van der Waals surface area (Å²) in [6.07, 6.45) is 2.56. The lowest BCUT2D eigenvalue weighted by molar-refractivity contribution is -0.143. The van der Waals surface area contributed by atoms with E-state index in [1.54, 1.807) is 24.3 Å². The van der Waals surface area contributed by atoms with Crippen LogP contribution in [0.2, 0.25) is 5.02 Å². The molecule has 0 bridgehead atoms. The summed E-state index contributed by atoms with van der Waals surface area (Å²) in [7, 11) is 0. The van der Waals surface area contributed by atoms with Crippen molar-refractivity contribution >= 4 is 29.4 Å². The second kappa shape index (κ2) is 10.9. The van der Waals surface area contributed by atoms with E-state index >= 15 is 0 Å². The van der Waals surface area contributed by atoms with E-state index < -0.39 is 17.7 Å². The lowest BCUT2D eigenvalue weighted by atomic mass is 9.87. The van der Waals surface area contributed by atoms with Gasteiger partial charge in [-0.2, -0.15) is 0 Å². The van der Waals surface area contributed by atoms with Gasteiger partial charge in [0.25, 0.3) is 11.8 Å². The van der Waals surface area contributed by atoms with E-state index in [0.29, 0.717) is 37.0 Å². The van der Waals surface area contributed by atoms with Crippen LogP contribution in [0.4, 0.5) is 4.39 Å². The molecule has 0 aliphatic heterocycles. The molecule has 0 atom stereocenters. The number of halogens is 2. The van der Waals surface area contributed by atoms with Crippen LogP contribution in [0, 0.1) is 11.7 Å². The van der Waals surface area contributed by atoms with Gasteiger partial charge in [0.1, 0.15) is 11.6 Å². The number of carboxylic acids is 1. The molecule has 1 aliphatic rings. The van der Waals surface area contributed by atoms with Crippen molar-refractivity contribution in [2.45, 2.75) is 31.8 Å². The smallest absolute Gasteiger partial charge is 0.306 e. The molecule has 32 heavy (non-hydrogen) atoms. The standard InChI is InChI=1S/C23H24ClFN2O5/c24-19-13-16(5-10-20(19)25)22(29)27-12-11-26-21(28)14-1-6-17(7-2-14)32-18-8-3-15(4-9-18)23(30)31/h1-2,5-7,10,13,15,18H,3-4,8-9,11-12H2,(H,26,28)(H,27,29)(H,30,31). The topological polar surface area (TPSA) is 105 Å². The molecule has 0 saturated heterocycles. The van der Waals surface area contributed by atoms with Crippen LogP contribution in [0.5, 0.6) is 5.75 Å². The van der Waals surface area contributed by atoms with Crippen molar-refractivity contribution in [1.29, 1.82) is 0 Å². The Labute approximate surface area is 189 Å². The van der Waals surface area contributed by atoms with Gasteiger partial charge in [-0.1, -0.05) is 11.6 Å². The second-order valence-electron chi connectivity index (χ2n) is 7.59. The predicted molar refractivity (Wildman–Crippen MR) is 117 cm³/mol. The molecule has 0 unspecified atom stereocenters. The Balaban J connectivity index is 1.39. The Morgan fingerprint density at radius 2 is 1.50 bits per heavy atom. The number of hydrogen-bond acceptors (Lipinski definition) is 4. The fraction of sp³-hybridized carbons (Fsp3) is 0.348. The van der Waals surface area contributed by atoms with Gasteiger partial charge >= 0.3 is 5.97 Å². The molecule has 0 aromatic heterocycles. The lowest BCUT2D eigenvalue weighted by Crippen LogP contribution is -2.34. The molecule has 170 valence electrons. The summed E-state index contributed by atoms with van der Waals surface area (Å²) in [6.45, 7) is 0.407. The van der Waals surface area contributed by atoms with Crippen molar-refractivity contribution in [2.75, 3.05) is 13.1 Å². The number of nitrogens with one attached hydrogen (secondary N) is 2. The van der Waals surface area contributed by atoms with E-state index in [9.17, 15) is 18.8 Å². The van der Waals surface area contributed by atoms with Crippen LogP contribution in [0.15, 0.2) is 42.5 Å². The van der Waals surface area contributed by atoms with E-state index in [-0.39, 0.29) is 41.6 Å². The molecular formula is C23H24ClFN2O5. The number of carboxylic acid groups (broad SMARTS) is 1. The van der Waals surface area contributed by atoms with Crippen LogP contribution < -0.4 is 15.4 Å². The first kappa shape index (κ1) is 23.5. The van der Waals surface area contributed by atoms with Crippen molar-refractivity contribution in [3.05, 3.63) is 64.4 Å². The van der Waals surface area contributed by atoms with E-state index in [1.807, 2.05) is 0 Å². The molecule has 3 rings (SSSR count). The van der Waals surface area contributed by atoms with Crippen LogP contribution in [0.3, 0.4) is 0 Å². The molecule has 3 N–H and O–H groups in total. The van der Waals surface area contributed by atoms with Crippen LogP contribution in [0.25, 0.3) is 0 Å². The average molecular weight is 463 g/mol. The number of carbonyl (C=O) groups excluding carboxylic acids is 2. The zero-order chi connectivity index (χ0) is 23.1. The summed E-state index contributed by atoms with van der Waals surface area (Å²) >= 11 is 5.67. The molecule has 7 nitrogen and oxygen atoms in total. The SMILES string of the molecule is O=C(NCCNC(=O)c1ccc(F)c(Cl)c1)c1ccc(OC2CCC(C(=O)O)CC2)cc1. The van der Waals surface area contributed by atoms with Gasteiger partial charge in [-0.05, 0) is 68.1 Å². The van der Waals surface area contributed by atoms with Gasteiger partial charge in [-0.3, -0.25) is 14.4 Å². The van der Waals surface area contributed by atoms with Crippen molar-refractivity contribution < 1.29 is 28.6 Å². The van der Waals surface area contributed by atoms with Gasteiger partial charge in [0, 0.05) is 24.2 Å². The van der Waals surface area contributed by atoms with Crippen LogP contribution in [0.1, 0.15) is 46.4 Å². The Morgan fingerprint density at radius 1 is 0.938 bits per heavy atom. The Kier molecular flexibility index (Phi) is 8.05. The lowest BCUT2D eigenvalue weighted by Gasteiger charge is -2.26. The summed E-state index contributed by atoms with van der Waals surface area (Å²) in [5, 5.41) is 14.3. The zero-order valence-electron chi connectivity index (χ0n) is 17.3. The number of carbonyl (C=O) groups is 3. The average Bonchev–Trinajstić information content (AvgIpc) is 2.79. The zero-order valence-corrected chi connectivity index (χ0v) is 18.0. The largest absolute Gasteiger partial charge is 0.490 e. The number of benzene rings is 2. The third-order valence-electron chi connectivity index (χ3n) is 5.32. The Hall–Kier alpha value is -3.13. The van der Waals surface area contributed by atoms with Gasteiger partial charge in [-0.25, -0.2) is 4.39 Å². The summed E-state index contributed by atoms with van der Waals surface area (Å²) in [5.74, 6) is -1.72. The van der Waals surface area contributed by atoms with Gasteiger partial charge in [0.05, 0.1) is 17.0 Å². The maximum absolute atomic E-state index is 13.2. The molecule has 0 spiro atoms. The molecule has 9 heteroatoms. The van der Waals surface area contributed by atoms with Crippen molar-refractivity contribution in [1.82, 2.24) is 10.6 Å². The maximum atomic E-state index is 13.2. The molecule has 0 heterocycles. The molecule has 1 fully saturated rings. The minimum Gasteiger partial charge on any atom is -0.490 e. The first-order chi connectivity index (χ1) is 15.3. The summed E-state index contributed by atoms with van der Waals surface area (Å²) in [6, 6.07) is 10.4. The second-order valence-corrected chi connectivity index (χ2v) is 8.00. The fourth-order valence-electron chi connectivity index (χ4n) is 3.50. The summed E-state index contributed by atoms with van der Waals surface area (Å²) in [5.41, 5.74) is 0.679. The van der Waals surface area contributed by atoms with Gasteiger partial charge in [0.15, 0.2) is 0 Å². The molecule has 1 saturated carbocycles. The number of ether oxygens (including phenoxy) is 1. The molecule has 0 radical (unpaired) electrons. The van der Waals surface area contributed by atoms with Crippen molar-refractivity contribution in [3.63, 3.8) is 0 Å². The van der Waals surface area contributed by atoms with E-state index in [0.717, 1.165) is 6.07 Å². The van der Waals surface area contributed by atoms with Crippen molar-refractivity contribution in [2.24, 2.45) is 5.92 Å². The monoisotopic (exact) mass is 462 g/mol. The van der Waals surface area contributed by atoms with E-state index in [1.165, 1.54) is 12.1 Å². The highest BCUT2D eigenvalue weighted by atomic mass is 35.5. The fourth-order valence-corrected chi connectivity index (χ4v) is 3.68. The summed E-state index contributed by atoms with van der Waals surface area (Å²) < 4.78 is 19.1. The molecular weight excluding hydrogens is 439 g/mol. The van der Waals surface area contributed by atoms with Crippen LogP contribution in [-0.4, -0.2) is 42.1 Å². The number of aliphatic carboxylic acids is 1. The van der Waals surface area contributed by atoms with Crippen molar-refractivity contribution in [3.8, 4) is 5.75 Å². The summed E-state index contributed by atoms with van der Waals surface area (Å²) in [4.78, 5) is 35.3. The minimum atomic E-state index is -0.752. The van der Waals surface area contributed by atoms with E-state index in [2.05, 4.69) is 10.6 Å². The number of hydrogen-bond donors (Lipinski definition) is 3. The Bertz CT molecular complexity index is 975. The number of rotatable bonds is 8. The third-order valence-corrected chi connectivity index (χ3v) is 5.61. The highest BCUT2D eigenvalue weighted by Crippen LogP contribution is 2.28.